The third kappa shape index (κ3) is 9.40. The molecule has 0 aromatic heterocycles. The first-order valence-corrected chi connectivity index (χ1v) is 0. The fourth-order valence-electron chi connectivity index (χ4n) is 0. The molecule has 0 heterocycles. The fraction of sp³-hybridized carbons (Fsp3) is 0. The largest absolute Gasteiger partial charge is 1.00 e. The van der Waals surface area contributed by atoms with Crippen LogP contribution in [0.15, 0.2) is 0 Å². The van der Waals surface area contributed by atoms with Gasteiger partial charge in [0.2, 0.25) is 0 Å². The molecule has 0 spiro atoms. The van der Waals surface area contributed by atoms with Crippen LogP contribution in [0.4, 0.5) is 0 Å². The summed E-state index contributed by atoms with van der Waals surface area (Å²) in [7, 11) is 0. The molecule has 0 fully saturated rings. The van der Waals surface area contributed by atoms with E-state index < -0.39 is 0 Å². The van der Waals surface area contributed by atoms with Crippen molar-refractivity contribution >= 4 is 0 Å². The van der Waals surface area contributed by atoms with Crippen LogP contribution in [0.1, 0.15) is 1.43 Å². The molecule has 0 saturated carbocycles. The van der Waals surface area contributed by atoms with Crippen LogP contribution in [-0.2, 0) is 22.4 Å². The first kappa shape index (κ1) is 44.6. The Morgan fingerprint density at radius 2 is 1.00 bits per heavy atom. The summed E-state index contributed by atoms with van der Waals surface area (Å²) < 4.78 is 0. The summed E-state index contributed by atoms with van der Waals surface area (Å²) in [5.41, 5.74) is 0. The summed E-state index contributed by atoms with van der Waals surface area (Å²) in [5, 5.41) is 0. The maximum atomic E-state index is 0. The Balaban J connectivity index is 0. The Labute approximate surface area is 65.2 Å². The molecule has 4 heteroatoms. The summed E-state index contributed by atoms with van der Waals surface area (Å²) in [6.07, 6.45) is 0. The standard InChI is InChI=1S/Ag.2H3N.Na.H/h;2*1H3;;/q;;;+1;-1. The Kier molecular flexibility index (Phi) is 253. The quantitative estimate of drug-likeness (QED) is 0.388. The SMILES string of the molecule is N.N.[Ag].[H-].[Na+]. The first-order valence-electron chi connectivity index (χ1n) is 0. The van der Waals surface area contributed by atoms with Crippen molar-refractivity contribution < 1.29 is 53.4 Å². The van der Waals surface area contributed by atoms with Gasteiger partial charge in [-0.2, -0.15) is 0 Å². The van der Waals surface area contributed by atoms with Gasteiger partial charge in [-0.3, -0.25) is 0 Å². The average Bonchev–Trinajstić information content (AvgIpc) is 0. The van der Waals surface area contributed by atoms with Crippen molar-refractivity contribution in [2.24, 2.45) is 0 Å². The van der Waals surface area contributed by atoms with Gasteiger partial charge in [0.15, 0.2) is 0 Å². The molecule has 0 rings (SSSR count). The topological polar surface area (TPSA) is 70.0 Å². The molecule has 1 radical (unpaired) electrons. The summed E-state index contributed by atoms with van der Waals surface area (Å²) in [6.45, 7) is 0. The molecule has 2 nitrogen and oxygen atoms in total. The van der Waals surface area contributed by atoms with Crippen LogP contribution in [0.25, 0.3) is 0 Å². The summed E-state index contributed by atoms with van der Waals surface area (Å²) >= 11 is 0. The van der Waals surface area contributed by atoms with Crippen molar-refractivity contribution in [2.75, 3.05) is 0 Å². The van der Waals surface area contributed by atoms with Gasteiger partial charge in [0.25, 0.3) is 0 Å². The molecule has 0 bridgehead atoms. The Morgan fingerprint density at radius 1 is 1.00 bits per heavy atom. The zero-order chi connectivity index (χ0) is 0. The number of hydrogen-bond donors (Lipinski definition) is 2. The second-order valence-electron chi connectivity index (χ2n) is 0. The van der Waals surface area contributed by atoms with Gasteiger partial charge in [0.1, 0.15) is 0 Å². The van der Waals surface area contributed by atoms with Gasteiger partial charge in [-0.05, 0) is 0 Å². The van der Waals surface area contributed by atoms with Gasteiger partial charge in [-0.25, -0.2) is 0 Å². The third-order valence-electron chi connectivity index (χ3n) is 0. The van der Waals surface area contributed by atoms with Gasteiger partial charge in [-0.15, -0.1) is 0 Å². The predicted octanol–water partition coefficient (Wildman–Crippen LogP) is -2.56. The van der Waals surface area contributed by atoms with Gasteiger partial charge in [-0.1, -0.05) is 0 Å². The Morgan fingerprint density at radius 3 is 1.00 bits per heavy atom. The third-order valence-corrected chi connectivity index (χ3v) is 0. The van der Waals surface area contributed by atoms with E-state index in [1.165, 1.54) is 0 Å². The maximum Gasteiger partial charge on any atom is 1.00 e. The number of rotatable bonds is 0. The minimum absolute atomic E-state index is 0. The van der Waals surface area contributed by atoms with Crippen LogP contribution in [0.2, 0.25) is 0 Å². The van der Waals surface area contributed by atoms with Gasteiger partial charge < -0.3 is 13.7 Å². The van der Waals surface area contributed by atoms with Crippen LogP contribution >= 0.6 is 0 Å². The first-order chi connectivity index (χ1) is 0. The number of hydrogen-bond acceptors (Lipinski definition) is 2. The monoisotopic (exact) mass is 165 g/mol. The zero-order valence-corrected chi connectivity index (χ0v) is 6.20. The maximum absolute atomic E-state index is 0. The van der Waals surface area contributed by atoms with Crippen molar-refractivity contribution in [3.8, 4) is 0 Å². The van der Waals surface area contributed by atoms with Crippen LogP contribution < -0.4 is 41.9 Å². The smallest absolute Gasteiger partial charge is 1.00 e. The van der Waals surface area contributed by atoms with Crippen molar-refractivity contribution in [1.82, 2.24) is 12.3 Å². The molecule has 0 aliphatic heterocycles. The molecule has 0 amide bonds. The summed E-state index contributed by atoms with van der Waals surface area (Å²) in [4.78, 5) is 0. The van der Waals surface area contributed by atoms with E-state index >= 15 is 0 Å². The van der Waals surface area contributed by atoms with E-state index in [9.17, 15) is 0 Å². The molecular weight excluding hydrogens is 159 g/mol. The van der Waals surface area contributed by atoms with E-state index in [0.29, 0.717) is 0 Å². The van der Waals surface area contributed by atoms with Crippen LogP contribution in [0, 0.1) is 0 Å². The molecule has 0 aromatic carbocycles. The van der Waals surface area contributed by atoms with Gasteiger partial charge in [0.05, 0.1) is 0 Å². The van der Waals surface area contributed by atoms with Crippen molar-refractivity contribution in [2.45, 2.75) is 0 Å². The second kappa shape index (κ2) is 22.7. The van der Waals surface area contributed by atoms with Crippen molar-refractivity contribution in [3.63, 3.8) is 0 Å². The zero-order valence-electron chi connectivity index (χ0n) is 3.72. The Bertz CT molecular complexity index is 9.61. The minimum Gasteiger partial charge on any atom is -1.00 e. The molecule has 0 saturated heterocycles. The van der Waals surface area contributed by atoms with Gasteiger partial charge in [0, 0.05) is 22.4 Å². The molecule has 0 unspecified atom stereocenters. The molecule has 4 heavy (non-hydrogen) atoms. The van der Waals surface area contributed by atoms with Crippen LogP contribution in [0.3, 0.4) is 0 Å². The van der Waals surface area contributed by atoms with Gasteiger partial charge >= 0.3 is 29.6 Å². The van der Waals surface area contributed by atoms with E-state index in [2.05, 4.69) is 0 Å². The summed E-state index contributed by atoms with van der Waals surface area (Å²) in [6, 6.07) is 0. The minimum atomic E-state index is 0. The molecule has 29 valence electrons. The second-order valence-corrected chi connectivity index (χ2v) is 0. The molecule has 0 aliphatic rings. The van der Waals surface area contributed by atoms with E-state index in [4.69, 9.17) is 0 Å². The summed E-state index contributed by atoms with van der Waals surface area (Å²) in [5.74, 6) is 0. The fourth-order valence-corrected chi connectivity index (χ4v) is 0. The van der Waals surface area contributed by atoms with Crippen LogP contribution in [0.5, 0.6) is 0 Å². The molecule has 0 aliphatic carbocycles. The normalized spacial score (nSPS) is 0. The average molecular weight is 166 g/mol. The molecule has 0 aromatic rings. The molecular formula is H7AgN2Na. The predicted molar refractivity (Wildman–Crippen MR) is 11.2 cm³/mol. The van der Waals surface area contributed by atoms with E-state index in [1.807, 2.05) is 0 Å². The van der Waals surface area contributed by atoms with E-state index in [1.54, 1.807) is 0 Å². The molecule has 0 atom stereocenters. The van der Waals surface area contributed by atoms with E-state index in [0.717, 1.165) is 0 Å². The molecule has 6 N–H and O–H groups in total. The van der Waals surface area contributed by atoms with E-state index in [-0.39, 0.29) is 65.7 Å². The van der Waals surface area contributed by atoms with Crippen molar-refractivity contribution in [1.29, 1.82) is 0 Å². The van der Waals surface area contributed by atoms with Crippen molar-refractivity contribution in [3.05, 3.63) is 0 Å². The Hall–Kier alpha value is 1.66. The van der Waals surface area contributed by atoms with Crippen LogP contribution in [-0.4, -0.2) is 0 Å².